The lowest BCUT2D eigenvalue weighted by molar-refractivity contribution is -0.386. The summed E-state index contributed by atoms with van der Waals surface area (Å²) in [4.78, 5) is 31.7. The maximum Gasteiger partial charge on any atom is 0.275 e. The largest absolute Gasteiger partial charge is 0.352 e. The average Bonchev–Trinajstić information content (AvgIpc) is 2.49. The number of hydrogen-bond donors (Lipinski definition) is 2. The zero-order chi connectivity index (χ0) is 17.4. The Kier molecular flexibility index (Phi) is 8.09. The summed E-state index contributed by atoms with van der Waals surface area (Å²) in [6.07, 6.45) is 1.65. The van der Waals surface area contributed by atoms with Gasteiger partial charge in [0, 0.05) is 25.7 Å². The molecule has 0 spiro atoms. The van der Waals surface area contributed by atoms with Crippen LogP contribution in [0.5, 0.6) is 0 Å². The third-order valence-corrected chi connectivity index (χ3v) is 3.91. The molecule has 0 aliphatic heterocycles. The Bertz CT molecular complexity index is 551. The molecule has 2 atom stereocenters. The van der Waals surface area contributed by atoms with E-state index in [1.54, 1.807) is 19.1 Å². The van der Waals surface area contributed by atoms with Gasteiger partial charge in [-0.05, 0) is 25.0 Å². The van der Waals surface area contributed by atoms with Gasteiger partial charge in [-0.1, -0.05) is 19.4 Å². The molecule has 2 N–H and O–H groups in total. The van der Waals surface area contributed by atoms with Crippen molar-refractivity contribution in [3.63, 3.8) is 0 Å². The van der Waals surface area contributed by atoms with Crippen molar-refractivity contribution < 1.29 is 19.1 Å². The van der Waals surface area contributed by atoms with Gasteiger partial charge in [-0.15, -0.1) is 0 Å². The van der Waals surface area contributed by atoms with Gasteiger partial charge < -0.3 is 14.7 Å². The molecular weight excluding hydrogens is 319 g/mol. The Hall–Kier alpha value is -1.56. The van der Waals surface area contributed by atoms with Crippen LogP contribution in [0.15, 0.2) is 18.2 Å². The number of nitro groups is 1. The highest BCUT2D eigenvalue weighted by atomic mass is 31.2. The van der Waals surface area contributed by atoms with E-state index in [0.29, 0.717) is 18.5 Å². The first-order chi connectivity index (χ1) is 10.8. The number of benzene rings is 1. The van der Waals surface area contributed by atoms with E-state index >= 15 is 0 Å². The molecule has 0 radical (unpaired) electrons. The Morgan fingerprint density at radius 2 is 2.22 bits per heavy atom. The molecule has 2 unspecified atom stereocenters. The molecule has 23 heavy (non-hydrogen) atoms. The third-order valence-electron chi connectivity index (χ3n) is 3.28. The summed E-state index contributed by atoms with van der Waals surface area (Å²) in [5.74, 6) is -0.0384. The summed E-state index contributed by atoms with van der Waals surface area (Å²) in [5, 5.41) is 13.9. The first kappa shape index (κ1) is 19.5. The van der Waals surface area contributed by atoms with Gasteiger partial charge in [0.25, 0.3) is 5.69 Å². The number of nitrogens with zero attached hydrogens (tertiary/aromatic N) is 1. The van der Waals surface area contributed by atoms with Crippen LogP contribution in [-0.2, 0) is 15.9 Å². The molecular formula is C15H23N2O5P. The predicted molar refractivity (Wildman–Crippen MR) is 89.0 cm³/mol. The molecule has 0 fully saturated rings. The van der Waals surface area contributed by atoms with Gasteiger partial charge in [-0.2, -0.15) is 0 Å². The minimum Gasteiger partial charge on any atom is -0.352 e. The second-order valence-corrected chi connectivity index (χ2v) is 6.38. The summed E-state index contributed by atoms with van der Waals surface area (Å²) < 4.78 is 5.29. The number of carbonyl (C=O) groups is 1. The van der Waals surface area contributed by atoms with Crippen molar-refractivity contribution >= 4 is 20.0 Å². The van der Waals surface area contributed by atoms with E-state index in [0.717, 1.165) is 18.4 Å². The lowest BCUT2D eigenvalue weighted by Gasteiger charge is -2.16. The maximum absolute atomic E-state index is 11.6. The van der Waals surface area contributed by atoms with Crippen LogP contribution in [0.4, 0.5) is 5.69 Å². The molecule has 0 aliphatic rings. The SMILES string of the molecule is CCCCC(=O)NCc1ccc([N+](=O)[O-])c(C(C)OP(C)O)c1. The summed E-state index contributed by atoms with van der Waals surface area (Å²) in [6.45, 7) is 5.48. The number of hydrogen-bond acceptors (Lipinski definition) is 5. The van der Waals surface area contributed by atoms with Crippen LogP contribution in [0.2, 0.25) is 0 Å². The lowest BCUT2D eigenvalue weighted by atomic mass is 10.0. The van der Waals surface area contributed by atoms with Gasteiger partial charge in [-0.3, -0.25) is 14.9 Å². The molecule has 0 saturated carbocycles. The highest BCUT2D eigenvalue weighted by Gasteiger charge is 2.21. The Morgan fingerprint density at radius 1 is 1.52 bits per heavy atom. The first-order valence-electron chi connectivity index (χ1n) is 7.48. The van der Waals surface area contributed by atoms with E-state index in [2.05, 4.69) is 5.32 Å². The predicted octanol–water partition coefficient (Wildman–Crippen LogP) is 3.41. The normalized spacial score (nSPS) is 13.4. The molecule has 1 rings (SSSR count). The Labute approximate surface area is 137 Å². The van der Waals surface area contributed by atoms with Gasteiger partial charge in [0.1, 0.15) is 0 Å². The Morgan fingerprint density at radius 3 is 2.78 bits per heavy atom. The number of amides is 1. The molecule has 0 aromatic heterocycles. The highest BCUT2D eigenvalue weighted by molar-refractivity contribution is 7.45. The summed E-state index contributed by atoms with van der Waals surface area (Å²) in [7, 11) is -1.62. The van der Waals surface area contributed by atoms with Gasteiger partial charge in [0.2, 0.25) is 5.91 Å². The number of rotatable bonds is 9. The summed E-state index contributed by atoms with van der Waals surface area (Å²) in [6, 6.07) is 4.65. The third kappa shape index (κ3) is 6.60. The lowest BCUT2D eigenvalue weighted by Crippen LogP contribution is -2.22. The molecule has 0 heterocycles. The summed E-state index contributed by atoms with van der Waals surface area (Å²) in [5.41, 5.74) is 1.08. The fraction of sp³-hybridized carbons (Fsp3) is 0.533. The van der Waals surface area contributed by atoms with E-state index in [1.165, 1.54) is 12.7 Å². The quantitative estimate of drug-likeness (QED) is 0.407. The smallest absolute Gasteiger partial charge is 0.275 e. The Balaban J connectivity index is 2.86. The number of nitrogens with one attached hydrogen (secondary N) is 1. The van der Waals surface area contributed by atoms with E-state index in [4.69, 9.17) is 4.52 Å². The van der Waals surface area contributed by atoms with Gasteiger partial charge in [0.15, 0.2) is 8.38 Å². The second-order valence-electron chi connectivity index (χ2n) is 5.24. The van der Waals surface area contributed by atoms with Crippen LogP contribution < -0.4 is 5.32 Å². The minimum absolute atomic E-state index is 0.0384. The van der Waals surface area contributed by atoms with Crippen molar-refractivity contribution in [2.75, 3.05) is 6.66 Å². The average molecular weight is 342 g/mol. The fourth-order valence-electron chi connectivity index (χ4n) is 2.12. The monoisotopic (exact) mass is 342 g/mol. The van der Waals surface area contributed by atoms with Crippen molar-refractivity contribution in [2.24, 2.45) is 0 Å². The van der Waals surface area contributed by atoms with Crippen molar-refractivity contribution in [1.29, 1.82) is 0 Å². The van der Waals surface area contributed by atoms with Gasteiger partial charge in [0.05, 0.1) is 16.6 Å². The highest BCUT2D eigenvalue weighted by Crippen LogP contribution is 2.37. The number of unbranched alkanes of at least 4 members (excludes halogenated alkanes) is 1. The van der Waals surface area contributed by atoms with Crippen LogP contribution in [0.1, 0.15) is 50.3 Å². The molecule has 0 bridgehead atoms. The number of carbonyl (C=O) groups excluding carboxylic acids is 1. The molecule has 8 heteroatoms. The van der Waals surface area contributed by atoms with E-state index in [1.807, 2.05) is 6.92 Å². The van der Waals surface area contributed by atoms with Gasteiger partial charge >= 0.3 is 0 Å². The number of nitro benzene ring substituents is 1. The van der Waals surface area contributed by atoms with Crippen molar-refractivity contribution in [1.82, 2.24) is 5.32 Å². The minimum atomic E-state index is -1.62. The van der Waals surface area contributed by atoms with Crippen molar-refractivity contribution in [3.8, 4) is 0 Å². The molecule has 0 saturated heterocycles. The molecule has 7 nitrogen and oxygen atoms in total. The van der Waals surface area contributed by atoms with Crippen LogP contribution in [0, 0.1) is 10.1 Å². The maximum atomic E-state index is 11.6. The zero-order valence-electron chi connectivity index (χ0n) is 13.6. The van der Waals surface area contributed by atoms with E-state index in [9.17, 15) is 19.8 Å². The fourth-order valence-corrected chi connectivity index (χ4v) is 2.69. The van der Waals surface area contributed by atoms with Crippen molar-refractivity contribution in [2.45, 2.75) is 45.8 Å². The van der Waals surface area contributed by atoms with Crippen LogP contribution in [-0.4, -0.2) is 22.4 Å². The van der Waals surface area contributed by atoms with Gasteiger partial charge in [-0.25, -0.2) is 0 Å². The second kappa shape index (κ2) is 9.55. The first-order valence-corrected chi connectivity index (χ1v) is 9.14. The summed E-state index contributed by atoms with van der Waals surface area (Å²) >= 11 is 0. The van der Waals surface area contributed by atoms with E-state index in [-0.39, 0.29) is 11.6 Å². The molecule has 1 aromatic carbocycles. The molecule has 1 aromatic rings. The standard InChI is InChI=1S/C15H23N2O5P/c1-4-5-6-15(18)16-10-12-7-8-14(17(19)20)13(9-12)11(2)22-23(3)21/h7-9,11,21H,4-6,10H2,1-3H3,(H,16,18). The molecule has 128 valence electrons. The molecule has 0 aliphatic carbocycles. The van der Waals surface area contributed by atoms with Crippen LogP contribution in [0.25, 0.3) is 0 Å². The van der Waals surface area contributed by atoms with E-state index < -0.39 is 19.4 Å². The topological polar surface area (TPSA) is 102 Å². The van der Waals surface area contributed by atoms with Crippen LogP contribution in [0.3, 0.4) is 0 Å². The van der Waals surface area contributed by atoms with Crippen LogP contribution >= 0.6 is 8.38 Å². The molecule has 1 amide bonds. The zero-order valence-corrected chi connectivity index (χ0v) is 14.5. The van der Waals surface area contributed by atoms with Crippen molar-refractivity contribution in [3.05, 3.63) is 39.4 Å².